The first-order valence-corrected chi connectivity index (χ1v) is 9.72. The maximum absolute atomic E-state index is 12.7. The summed E-state index contributed by atoms with van der Waals surface area (Å²) in [6.45, 7) is 2.25. The minimum absolute atomic E-state index is 0.451. The molecule has 1 N–H and O–H groups in total. The Morgan fingerprint density at radius 1 is 1.15 bits per heavy atom. The van der Waals surface area contributed by atoms with Gasteiger partial charge in [0.25, 0.3) is 0 Å². The molecule has 1 aromatic carbocycles. The van der Waals surface area contributed by atoms with Gasteiger partial charge in [-0.15, -0.1) is 0 Å². The fourth-order valence-corrected chi connectivity index (χ4v) is 5.26. The van der Waals surface area contributed by atoms with E-state index in [2.05, 4.69) is 5.32 Å². The van der Waals surface area contributed by atoms with E-state index in [-0.39, 0.29) is 0 Å². The highest BCUT2D eigenvalue weighted by molar-refractivity contribution is 7.99. The Morgan fingerprint density at radius 3 is 2.95 bits per heavy atom. The van der Waals surface area contributed by atoms with Crippen LogP contribution in [0.25, 0.3) is 0 Å². The number of fused-ring (bicyclic) bond motifs is 1. The van der Waals surface area contributed by atoms with Crippen molar-refractivity contribution < 1.29 is 8.42 Å². The van der Waals surface area contributed by atoms with Crippen LogP contribution in [0.3, 0.4) is 0 Å². The molecule has 2 heterocycles. The van der Waals surface area contributed by atoms with Gasteiger partial charge in [-0.2, -0.15) is 16.1 Å². The van der Waals surface area contributed by atoms with E-state index in [9.17, 15) is 8.42 Å². The third kappa shape index (κ3) is 2.82. The van der Waals surface area contributed by atoms with Crippen molar-refractivity contribution in [2.45, 2.75) is 24.2 Å². The summed E-state index contributed by atoms with van der Waals surface area (Å²) in [6.07, 6.45) is 2.97. The van der Waals surface area contributed by atoms with Crippen molar-refractivity contribution in [1.29, 1.82) is 0 Å². The average molecular weight is 312 g/mol. The Labute approximate surface area is 125 Å². The number of sulfonamides is 1. The first-order chi connectivity index (χ1) is 9.68. The Kier molecular flexibility index (Phi) is 4.23. The van der Waals surface area contributed by atoms with Crippen LogP contribution in [0.5, 0.6) is 0 Å². The van der Waals surface area contributed by atoms with Gasteiger partial charge in [-0.25, -0.2) is 8.42 Å². The molecule has 0 atom stereocenters. The van der Waals surface area contributed by atoms with Gasteiger partial charge < -0.3 is 5.32 Å². The highest BCUT2D eigenvalue weighted by Crippen LogP contribution is 2.27. The number of rotatable bonds is 2. The van der Waals surface area contributed by atoms with Gasteiger partial charge in [0.2, 0.25) is 10.0 Å². The average Bonchev–Trinajstić information content (AvgIpc) is 2.76. The molecule has 4 nitrogen and oxygen atoms in total. The molecule has 1 fully saturated rings. The van der Waals surface area contributed by atoms with Crippen LogP contribution in [0.1, 0.15) is 18.4 Å². The molecular weight excluding hydrogens is 292 g/mol. The van der Waals surface area contributed by atoms with Gasteiger partial charge in [-0.1, -0.05) is 0 Å². The van der Waals surface area contributed by atoms with Crippen LogP contribution in [-0.2, 0) is 16.4 Å². The molecule has 0 spiro atoms. The Hall–Kier alpha value is -0.720. The zero-order chi connectivity index (χ0) is 14.0. The number of thioether (sulfide) groups is 1. The second-order valence-corrected chi connectivity index (χ2v) is 8.38. The Morgan fingerprint density at radius 2 is 2.05 bits per heavy atom. The van der Waals surface area contributed by atoms with Crippen LogP contribution < -0.4 is 5.32 Å². The van der Waals surface area contributed by atoms with Crippen LogP contribution in [0.15, 0.2) is 23.1 Å². The van der Waals surface area contributed by atoms with E-state index in [0.29, 0.717) is 18.0 Å². The topological polar surface area (TPSA) is 49.4 Å². The lowest BCUT2D eigenvalue weighted by atomic mass is 10.0. The molecule has 0 aromatic heterocycles. The zero-order valence-electron chi connectivity index (χ0n) is 11.5. The predicted molar refractivity (Wildman–Crippen MR) is 84.0 cm³/mol. The van der Waals surface area contributed by atoms with E-state index >= 15 is 0 Å². The van der Waals surface area contributed by atoms with Gasteiger partial charge in [0.15, 0.2) is 0 Å². The standard InChI is InChI=1S/C14H20N2O2S2/c17-20(18,16-7-2-9-19-10-8-16)13-4-5-14-12(11-13)3-1-6-15-14/h4-5,11,15H,1-3,6-10H2. The molecule has 0 radical (unpaired) electrons. The zero-order valence-corrected chi connectivity index (χ0v) is 13.1. The molecule has 3 rings (SSSR count). The van der Waals surface area contributed by atoms with Gasteiger partial charge in [0.05, 0.1) is 4.90 Å². The summed E-state index contributed by atoms with van der Waals surface area (Å²) in [4.78, 5) is 0.451. The quantitative estimate of drug-likeness (QED) is 0.909. The second kappa shape index (κ2) is 5.95. The van der Waals surface area contributed by atoms with Gasteiger partial charge in [0.1, 0.15) is 0 Å². The lowest BCUT2D eigenvalue weighted by molar-refractivity contribution is 0.435. The third-order valence-corrected chi connectivity index (χ3v) is 6.78. The second-order valence-electron chi connectivity index (χ2n) is 5.22. The molecule has 1 saturated heterocycles. The van der Waals surface area contributed by atoms with Crippen molar-refractivity contribution in [2.24, 2.45) is 0 Å². The van der Waals surface area contributed by atoms with Crippen LogP contribution in [-0.4, -0.2) is 43.9 Å². The smallest absolute Gasteiger partial charge is 0.243 e. The molecule has 0 unspecified atom stereocenters. The number of nitrogens with zero attached hydrogens (tertiary/aromatic N) is 1. The lowest BCUT2D eigenvalue weighted by Gasteiger charge is -2.22. The minimum Gasteiger partial charge on any atom is -0.385 e. The summed E-state index contributed by atoms with van der Waals surface area (Å²) in [6, 6.07) is 5.51. The number of anilines is 1. The molecule has 0 saturated carbocycles. The molecular formula is C14H20N2O2S2. The van der Waals surface area contributed by atoms with E-state index in [1.54, 1.807) is 10.4 Å². The summed E-state index contributed by atoms with van der Waals surface area (Å²) in [5.41, 5.74) is 2.21. The van der Waals surface area contributed by atoms with E-state index in [1.807, 2.05) is 23.9 Å². The molecule has 110 valence electrons. The van der Waals surface area contributed by atoms with Crippen LogP contribution in [0, 0.1) is 0 Å². The molecule has 0 aliphatic carbocycles. The lowest BCUT2D eigenvalue weighted by Crippen LogP contribution is -2.33. The Balaban J connectivity index is 1.90. The van der Waals surface area contributed by atoms with E-state index in [4.69, 9.17) is 0 Å². The molecule has 6 heteroatoms. The third-order valence-electron chi connectivity index (χ3n) is 3.83. The van der Waals surface area contributed by atoms with Crippen LogP contribution in [0.4, 0.5) is 5.69 Å². The first kappa shape index (κ1) is 14.2. The number of nitrogens with one attached hydrogen (secondary N) is 1. The van der Waals surface area contributed by atoms with Crippen LogP contribution in [0.2, 0.25) is 0 Å². The largest absolute Gasteiger partial charge is 0.385 e. The highest BCUT2D eigenvalue weighted by atomic mass is 32.2. The van der Waals surface area contributed by atoms with E-state index in [0.717, 1.165) is 48.6 Å². The molecule has 20 heavy (non-hydrogen) atoms. The van der Waals surface area contributed by atoms with E-state index in [1.165, 1.54) is 0 Å². The predicted octanol–water partition coefficient (Wildman–Crippen LogP) is 2.17. The van der Waals surface area contributed by atoms with Gasteiger partial charge in [-0.3, -0.25) is 0 Å². The van der Waals surface area contributed by atoms with Gasteiger partial charge >= 0.3 is 0 Å². The SMILES string of the molecule is O=S(=O)(c1ccc2c(c1)CCCN2)N1CCCSCC1. The van der Waals surface area contributed by atoms with Crippen molar-refractivity contribution >= 4 is 27.5 Å². The maximum Gasteiger partial charge on any atom is 0.243 e. The number of hydrogen-bond donors (Lipinski definition) is 1. The maximum atomic E-state index is 12.7. The van der Waals surface area contributed by atoms with Crippen LogP contribution >= 0.6 is 11.8 Å². The summed E-state index contributed by atoms with van der Waals surface area (Å²) < 4.78 is 27.1. The summed E-state index contributed by atoms with van der Waals surface area (Å²) in [5.74, 6) is 1.95. The molecule has 2 aliphatic rings. The first-order valence-electron chi connectivity index (χ1n) is 7.12. The van der Waals surface area contributed by atoms with Crippen molar-refractivity contribution in [2.75, 3.05) is 36.5 Å². The molecule has 0 amide bonds. The summed E-state index contributed by atoms with van der Waals surface area (Å²) >= 11 is 1.84. The van der Waals surface area contributed by atoms with Crippen molar-refractivity contribution in [1.82, 2.24) is 4.31 Å². The highest BCUT2D eigenvalue weighted by Gasteiger charge is 2.26. The monoisotopic (exact) mass is 312 g/mol. The fraction of sp³-hybridized carbons (Fsp3) is 0.571. The number of aryl methyl sites for hydroxylation is 1. The Bertz CT molecular complexity index is 579. The normalized spacial score (nSPS) is 20.8. The molecule has 1 aromatic rings. The fourth-order valence-electron chi connectivity index (χ4n) is 2.72. The van der Waals surface area contributed by atoms with Gasteiger partial charge in [-0.05, 0) is 48.8 Å². The number of hydrogen-bond acceptors (Lipinski definition) is 4. The van der Waals surface area contributed by atoms with Crippen molar-refractivity contribution in [3.63, 3.8) is 0 Å². The minimum atomic E-state index is -3.33. The number of benzene rings is 1. The molecule has 2 aliphatic heterocycles. The molecule has 0 bridgehead atoms. The summed E-state index contributed by atoms with van der Waals surface area (Å²) in [7, 11) is -3.33. The van der Waals surface area contributed by atoms with Gasteiger partial charge in [0, 0.05) is 31.1 Å². The van der Waals surface area contributed by atoms with Crippen molar-refractivity contribution in [3.8, 4) is 0 Å². The summed E-state index contributed by atoms with van der Waals surface area (Å²) in [5, 5.41) is 3.32. The van der Waals surface area contributed by atoms with Crippen molar-refractivity contribution in [3.05, 3.63) is 23.8 Å². The van der Waals surface area contributed by atoms with E-state index < -0.39 is 10.0 Å².